The summed E-state index contributed by atoms with van der Waals surface area (Å²) in [6, 6.07) is 12.5. The number of hydrogen-bond donors (Lipinski definition) is 2. The summed E-state index contributed by atoms with van der Waals surface area (Å²) in [6.07, 6.45) is 1.94. The summed E-state index contributed by atoms with van der Waals surface area (Å²) in [7, 11) is 0. The van der Waals surface area contributed by atoms with Crippen LogP contribution in [0.3, 0.4) is 0 Å². The van der Waals surface area contributed by atoms with Crippen LogP contribution in [0.1, 0.15) is 0 Å². The minimum absolute atomic E-state index is 0.797. The first kappa shape index (κ1) is 8.82. The first-order chi connectivity index (χ1) is 8.43. The van der Waals surface area contributed by atoms with E-state index in [1.807, 2.05) is 12.3 Å². The molecule has 0 bridgehead atoms. The molecule has 0 saturated carbocycles. The van der Waals surface area contributed by atoms with E-state index in [0.29, 0.717) is 0 Å². The first-order valence-electron chi connectivity index (χ1n) is 5.72. The van der Waals surface area contributed by atoms with Crippen LogP contribution in [0.4, 0.5) is 11.4 Å². The van der Waals surface area contributed by atoms with Crippen LogP contribution in [0.2, 0.25) is 0 Å². The predicted molar refractivity (Wildman–Crippen MR) is 71.4 cm³/mol. The largest absolute Gasteiger partial charge is 0.366 e. The van der Waals surface area contributed by atoms with Crippen molar-refractivity contribution in [3.05, 3.63) is 42.6 Å². The standard InChI is InChI=1S/C14H11N3/c1-2-4-11-10(3-1)13-9(7-15-11)5-6-12-14(13)17-8-16-12/h1-7,16-17H,8H2. The van der Waals surface area contributed by atoms with Gasteiger partial charge in [0.2, 0.25) is 0 Å². The Labute approximate surface area is 98.5 Å². The second kappa shape index (κ2) is 3.10. The Hall–Kier alpha value is -2.29. The van der Waals surface area contributed by atoms with Gasteiger partial charge >= 0.3 is 0 Å². The van der Waals surface area contributed by atoms with Crippen molar-refractivity contribution >= 4 is 33.1 Å². The fourth-order valence-electron chi connectivity index (χ4n) is 2.51. The molecular formula is C14H11N3. The molecule has 3 nitrogen and oxygen atoms in total. The third-order valence-corrected chi connectivity index (χ3v) is 3.30. The molecule has 0 atom stereocenters. The molecule has 2 N–H and O–H groups in total. The average Bonchev–Trinajstić information content (AvgIpc) is 2.86. The summed E-state index contributed by atoms with van der Waals surface area (Å²) in [5.41, 5.74) is 3.41. The Morgan fingerprint density at radius 1 is 1.00 bits per heavy atom. The molecule has 1 aliphatic heterocycles. The second-order valence-electron chi connectivity index (χ2n) is 4.26. The van der Waals surface area contributed by atoms with Crippen molar-refractivity contribution in [3.63, 3.8) is 0 Å². The lowest BCUT2D eigenvalue weighted by atomic mass is 10.0. The maximum atomic E-state index is 4.49. The summed E-state index contributed by atoms with van der Waals surface area (Å²) >= 11 is 0. The summed E-state index contributed by atoms with van der Waals surface area (Å²) in [5, 5.41) is 10.4. The van der Waals surface area contributed by atoms with E-state index in [4.69, 9.17) is 0 Å². The molecule has 0 saturated heterocycles. The van der Waals surface area contributed by atoms with Gasteiger partial charge in [-0.05, 0) is 12.1 Å². The highest BCUT2D eigenvalue weighted by Crippen LogP contribution is 2.37. The lowest BCUT2D eigenvalue weighted by Crippen LogP contribution is -1.99. The number of para-hydroxylation sites is 1. The van der Waals surface area contributed by atoms with Gasteiger partial charge in [0, 0.05) is 22.4 Å². The van der Waals surface area contributed by atoms with Gasteiger partial charge in [-0.15, -0.1) is 0 Å². The van der Waals surface area contributed by atoms with Gasteiger partial charge in [0.25, 0.3) is 0 Å². The average molecular weight is 221 g/mol. The Morgan fingerprint density at radius 3 is 2.94 bits per heavy atom. The lowest BCUT2D eigenvalue weighted by molar-refractivity contribution is 1.31. The Morgan fingerprint density at radius 2 is 1.94 bits per heavy atom. The molecule has 0 radical (unpaired) electrons. The molecule has 0 aliphatic carbocycles. The van der Waals surface area contributed by atoms with E-state index in [1.54, 1.807) is 0 Å². The monoisotopic (exact) mass is 221 g/mol. The number of anilines is 2. The van der Waals surface area contributed by atoms with Crippen molar-refractivity contribution in [2.75, 3.05) is 17.3 Å². The topological polar surface area (TPSA) is 37.0 Å². The van der Waals surface area contributed by atoms with Crippen LogP contribution in [-0.2, 0) is 0 Å². The molecule has 1 aliphatic rings. The molecule has 0 fully saturated rings. The van der Waals surface area contributed by atoms with Gasteiger partial charge in [-0.3, -0.25) is 4.98 Å². The van der Waals surface area contributed by atoms with Gasteiger partial charge in [0.15, 0.2) is 0 Å². The van der Waals surface area contributed by atoms with Gasteiger partial charge in [-0.1, -0.05) is 24.3 Å². The fraction of sp³-hybridized carbons (Fsp3) is 0.0714. The summed E-state index contributed by atoms with van der Waals surface area (Å²) in [6.45, 7) is 0.797. The van der Waals surface area contributed by atoms with E-state index >= 15 is 0 Å². The Bertz CT molecular complexity index is 734. The smallest absolute Gasteiger partial charge is 0.0851 e. The number of benzene rings is 2. The molecule has 1 aromatic heterocycles. The number of fused-ring (bicyclic) bond motifs is 5. The Kier molecular flexibility index (Phi) is 1.61. The van der Waals surface area contributed by atoms with Crippen molar-refractivity contribution in [1.82, 2.24) is 4.98 Å². The van der Waals surface area contributed by atoms with Crippen LogP contribution in [0.25, 0.3) is 21.7 Å². The zero-order chi connectivity index (χ0) is 11.2. The van der Waals surface area contributed by atoms with Crippen molar-refractivity contribution in [3.8, 4) is 0 Å². The highest BCUT2D eigenvalue weighted by Gasteiger charge is 2.14. The molecule has 0 amide bonds. The van der Waals surface area contributed by atoms with Crippen molar-refractivity contribution in [1.29, 1.82) is 0 Å². The zero-order valence-electron chi connectivity index (χ0n) is 9.20. The third-order valence-electron chi connectivity index (χ3n) is 3.30. The predicted octanol–water partition coefficient (Wildman–Crippen LogP) is 3.18. The normalized spacial score (nSPS) is 13.4. The van der Waals surface area contributed by atoms with Crippen LogP contribution in [0, 0.1) is 0 Å². The number of nitrogens with zero attached hydrogens (tertiary/aromatic N) is 1. The summed E-state index contributed by atoms with van der Waals surface area (Å²) < 4.78 is 0. The highest BCUT2D eigenvalue weighted by atomic mass is 15.1. The first-order valence-corrected chi connectivity index (χ1v) is 5.72. The fourth-order valence-corrected chi connectivity index (χ4v) is 2.51. The van der Waals surface area contributed by atoms with Gasteiger partial charge in [0.1, 0.15) is 0 Å². The van der Waals surface area contributed by atoms with Gasteiger partial charge in [-0.2, -0.15) is 0 Å². The maximum Gasteiger partial charge on any atom is 0.0851 e. The van der Waals surface area contributed by atoms with Gasteiger partial charge in [-0.25, -0.2) is 0 Å². The second-order valence-corrected chi connectivity index (χ2v) is 4.26. The van der Waals surface area contributed by atoms with Crippen LogP contribution in [-0.4, -0.2) is 11.7 Å². The molecule has 0 unspecified atom stereocenters. The van der Waals surface area contributed by atoms with Crippen molar-refractivity contribution < 1.29 is 0 Å². The van der Waals surface area contributed by atoms with E-state index in [-0.39, 0.29) is 0 Å². The van der Waals surface area contributed by atoms with E-state index in [2.05, 4.69) is 45.9 Å². The number of hydrogen-bond acceptors (Lipinski definition) is 3. The summed E-state index contributed by atoms with van der Waals surface area (Å²) in [4.78, 5) is 4.49. The minimum Gasteiger partial charge on any atom is -0.366 e. The minimum atomic E-state index is 0.797. The molecule has 82 valence electrons. The quantitative estimate of drug-likeness (QED) is 0.572. The van der Waals surface area contributed by atoms with Crippen LogP contribution >= 0.6 is 0 Å². The van der Waals surface area contributed by atoms with Gasteiger partial charge in [0.05, 0.1) is 23.6 Å². The zero-order valence-corrected chi connectivity index (χ0v) is 9.20. The third kappa shape index (κ3) is 1.13. The summed E-state index contributed by atoms with van der Waals surface area (Å²) in [5.74, 6) is 0. The van der Waals surface area contributed by atoms with Crippen LogP contribution < -0.4 is 10.6 Å². The number of pyridine rings is 1. The van der Waals surface area contributed by atoms with E-state index in [9.17, 15) is 0 Å². The Balaban J connectivity index is 2.27. The van der Waals surface area contributed by atoms with Crippen LogP contribution in [0.15, 0.2) is 42.6 Å². The lowest BCUT2D eigenvalue weighted by Gasteiger charge is -2.07. The molecule has 17 heavy (non-hydrogen) atoms. The number of rotatable bonds is 0. The maximum absolute atomic E-state index is 4.49. The molecule has 3 aromatic rings. The molecule has 0 spiro atoms. The van der Waals surface area contributed by atoms with Gasteiger partial charge < -0.3 is 10.6 Å². The SMILES string of the molecule is c1ccc2c(c1)ncc1ccc3c(c12)NCN3. The molecule has 4 rings (SSSR count). The molecule has 2 aromatic carbocycles. The number of aromatic nitrogens is 1. The van der Waals surface area contributed by atoms with E-state index in [1.165, 1.54) is 27.5 Å². The van der Waals surface area contributed by atoms with E-state index < -0.39 is 0 Å². The molecular weight excluding hydrogens is 210 g/mol. The molecule has 3 heteroatoms. The molecule has 2 heterocycles. The highest BCUT2D eigenvalue weighted by molar-refractivity contribution is 6.15. The number of nitrogens with one attached hydrogen (secondary N) is 2. The van der Waals surface area contributed by atoms with Crippen LogP contribution in [0.5, 0.6) is 0 Å². The van der Waals surface area contributed by atoms with Crippen molar-refractivity contribution in [2.24, 2.45) is 0 Å². The van der Waals surface area contributed by atoms with Crippen molar-refractivity contribution in [2.45, 2.75) is 0 Å². The van der Waals surface area contributed by atoms with E-state index in [0.717, 1.165) is 12.2 Å².